The van der Waals surface area contributed by atoms with Gasteiger partial charge in [-0.15, -0.1) is 0 Å². The van der Waals surface area contributed by atoms with Crippen LogP contribution in [0.2, 0.25) is 0 Å². The smallest absolute Gasteiger partial charge is 0.870 e. The fourth-order valence-electron chi connectivity index (χ4n) is 14.7. The van der Waals surface area contributed by atoms with Gasteiger partial charge >= 0.3 is 24.8 Å². The second-order valence-electron chi connectivity index (χ2n) is 21.5. The number of ketones is 3. The van der Waals surface area contributed by atoms with Crippen LogP contribution in [0, 0.1) is 78.4 Å². The molecule has 10 fully saturated rings. The summed E-state index contributed by atoms with van der Waals surface area (Å²) in [5.41, 5.74) is -4.30. The average molecular weight is 975 g/mol. The van der Waals surface area contributed by atoms with Crippen molar-refractivity contribution in [1.29, 1.82) is 0 Å². The van der Waals surface area contributed by atoms with Gasteiger partial charge < -0.3 is 10.6 Å². The molecule has 8 bridgehead atoms. The van der Waals surface area contributed by atoms with Gasteiger partial charge in [0.15, 0.2) is 21.4 Å². The molecule has 364 valence electrons. The van der Waals surface area contributed by atoms with Crippen LogP contribution in [-0.4, -0.2) is 71.7 Å². The van der Waals surface area contributed by atoms with Crippen molar-refractivity contribution in [2.24, 2.45) is 58.2 Å². The quantitative estimate of drug-likeness (QED) is 0.122. The fourth-order valence-corrected chi connectivity index (χ4v) is 17.9. The number of benzene rings is 2. The van der Waals surface area contributed by atoms with E-state index in [1.54, 1.807) is 6.92 Å². The number of hydrogen-bond donors (Lipinski definition) is 3. The Labute approximate surface area is 407 Å². The number of carboxylic acid groups (broad SMARTS) is 1. The van der Waals surface area contributed by atoms with Gasteiger partial charge in [-0.25, -0.2) is 16.8 Å². The summed E-state index contributed by atoms with van der Waals surface area (Å²) in [7, 11) is -8.51. The number of rotatable bonds is 16. The molecule has 2 aromatic carbocycles. The molecule has 12 rings (SSSR count). The number of hydrogen-bond acceptors (Lipinski definition) is 13. The van der Waals surface area contributed by atoms with Gasteiger partial charge in [-0.2, -0.15) is 9.44 Å². The summed E-state index contributed by atoms with van der Waals surface area (Å²) in [6, 6.07) is 10.4. The predicted octanol–water partition coefficient (Wildman–Crippen LogP) is 3.90. The number of nitro benzene ring substituents is 2. The summed E-state index contributed by atoms with van der Waals surface area (Å²) in [4.78, 5) is 71.8. The van der Waals surface area contributed by atoms with Crippen LogP contribution >= 0.6 is 0 Å². The maximum Gasteiger partial charge on any atom is 1.00 e. The molecular formula is C47H59LiN4O14S2. The normalized spacial score (nSPS) is 33.0. The Kier molecular flexibility index (Phi) is 14.3. The zero-order valence-electron chi connectivity index (χ0n) is 38.5. The molecule has 0 heterocycles. The molecule has 10 aliphatic rings. The topological polar surface area (TPSA) is 297 Å². The molecule has 10 saturated carbocycles. The number of carboxylic acids is 1. The molecule has 18 nitrogen and oxygen atoms in total. The Morgan fingerprint density at radius 2 is 0.956 bits per heavy atom. The van der Waals surface area contributed by atoms with Gasteiger partial charge in [0.25, 0.3) is 11.4 Å². The molecule has 0 saturated heterocycles. The van der Waals surface area contributed by atoms with Gasteiger partial charge in [0, 0.05) is 30.4 Å². The largest absolute Gasteiger partial charge is 1.00 e. The number of carbonyl (C=O) groups excluding carboxylic acids is 3. The van der Waals surface area contributed by atoms with Crippen molar-refractivity contribution in [3.05, 3.63) is 68.8 Å². The van der Waals surface area contributed by atoms with Crippen LogP contribution in [-0.2, 0) is 39.2 Å². The minimum absolute atomic E-state index is 0. The van der Waals surface area contributed by atoms with Gasteiger partial charge in [-0.1, -0.05) is 24.3 Å². The summed E-state index contributed by atoms with van der Waals surface area (Å²) in [5, 5.41) is 32.5. The third-order valence-corrected chi connectivity index (χ3v) is 21.0. The van der Waals surface area contributed by atoms with Crippen LogP contribution in [0.4, 0.5) is 11.4 Å². The molecule has 0 amide bonds. The third kappa shape index (κ3) is 9.04. The first-order valence-corrected chi connectivity index (χ1v) is 26.4. The number of aliphatic carboxylic acids is 1. The molecule has 4 atom stereocenters. The molecule has 0 aliphatic heterocycles. The van der Waals surface area contributed by atoms with E-state index in [0.29, 0.717) is 75.0 Å². The first-order chi connectivity index (χ1) is 31.1. The summed E-state index contributed by atoms with van der Waals surface area (Å²) in [6.45, 7) is 1.70. The number of nitrogens with zero attached hydrogens (tertiary/aromatic N) is 2. The van der Waals surface area contributed by atoms with Crippen molar-refractivity contribution in [2.45, 2.75) is 143 Å². The first-order valence-electron chi connectivity index (χ1n) is 23.5. The number of carbonyl (C=O) groups is 4. The number of para-hydroxylation sites is 2. The summed E-state index contributed by atoms with van der Waals surface area (Å²) < 4.78 is 57.5. The zero-order chi connectivity index (χ0) is 47.2. The van der Waals surface area contributed by atoms with E-state index < -0.39 is 73.5 Å². The minimum Gasteiger partial charge on any atom is -0.870 e. The van der Waals surface area contributed by atoms with Crippen LogP contribution in [0.1, 0.15) is 122 Å². The molecule has 0 radical (unpaired) electrons. The van der Waals surface area contributed by atoms with Crippen molar-refractivity contribution in [3.8, 4) is 0 Å². The summed E-state index contributed by atoms with van der Waals surface area (Å²) in [6.07, 6.45) is 12.2. The van der Waals surface area contributed by atoms with Crippen LogP contribution in [0.15, 0.2) is 58.3 Å². The molecular weight excluding hydrogens is 916 g/mol. The molecule has 21 heteroatoms. The monoisotopic (exact) mass is 974 g/mol. The van der Waals surface area contributed by atoms with Crippen LogP contribution in [0.25, 0.3) is 0 Å². The second kappa shape index (κ2) is 18.7. The van der Waals surface area contributed by atoms with Crippen LogP contribution < -0.4 is 28.3 Å². The average Bonchev–Trinajstić information content (AvgIpc) is 3.22. The predicted molar refractivity (Wildman–Crippen MR) is 238 cm³/mol. The fraction of sp³-hybridized carbons (Fsp3) is 0.660. The van der Waals surface area contributed by atoms with Crippen molar-refractivity contribution < 1.29 is 75.3 Å². The number of sulfonamides is 2. The molecule has 2 aromatic rings. The van der Waals surface area contributed by atoms with E-state index in [1.165, 1.54) is 36.4 Å². The van der Waals surface area contributed by atoms with Crippen molar-refractivity contribution >= 4 is 54.7 Å². The van der Waals surface area contributed by atoms with E-state index in [0.717, 1.165) is 69.9 Å². The maximum absolute atomic E-state index is 13.6. The van der Waals surface area contributed by atoms with Gasteiger partial charge in [0.2, 0.25) is 20.0 Å². The second-order valence-corrected chi connectivity index (χ2v) is 24.8. The Morgan fingerprint density at radius 1 is 0.618 bits per heavy atom. The van der Waals surface area contributed by atoms with E-state index in [4.69, 9.17) is 0 Å². The Hall–Kier alpha value is -3.90. The van der Waals surface area contributed by atoms with E-state index in [9.17, 15) is 61.3 Å². The summed E-state index contributed by atoms with van der Waals surface area (Å²) >= 11 is 0. The van der Waals surface area contributed by atoms with E-state index in [-0.39, 0.29) is 77.2 Å². The molecule has 4 N–H and O–H groups in total. The van der Waals surface area contributed by atoms with Crippen LogP contribution in [0.3, 0.4) is 0 Å². The standard InChI is InChI=1S/C24H30N2O6S.C23H28N2O7S.Li.H2O/c1-15(27)23-12-16-9-17(13-23)19(18(10-16)14-23)11-22(28)24(7-4-8-24)25-33(31,32)21-6-3-2-5-20(21)26(29)30;26-20(10-17-15-8-14-9-16(17)13-22(11-14,12-15)21(27)28)23(6-3-7-23)24-33(31,32)19-5-2-1-4-18(19)25(29)30;;/h2-3,5-6,16-19,25H,4,7-14H2,1H3;1-2,4-5,14-17,24H,3,6-13H2,(H,27,28);;1H2/q;;+1;/p-1. The van der Waals surface area contributed by atoms with Gasteiger partial charge in [0.05, 0.1) is 26.3 Å². The first kappa shape index (κ1) is 51.9. The minimum atomic E-state index is -4.27. The molecule has 68 heavy (non-hydrogen) atoms. The molecule has 4 unspecified atom stereocenters. The van der Waals surface area contributed by atoms with Crippen molar-refractivity contribution in [3.63, 3.8) is 0 Å². The van der Waals surface area contributed by atoms with E-state index >= 15 is 0 Å². The molecule has 0 aromatic heterocycles. The number of nitro groups is 2. The van der Waals surface area contributed by atoms with Crippen LogP contribution in [0.5, 0.6) is 0 Å². The maximum atomic E-state index is 13.6. The summed E-state index contributed by atoms with van der Waals surface area (Å²) in [5.74, 6) is 1.56. The third-order valence-electron chi connectivity index (χ3n) is 17.8. The van der Waals surface area contributed by atoms with Gasteiger partial charge in [-0.05, 0) is 169 Å². The Balaban J connectivity index is 0.000000196. The van der Waals surface area contributed by atoms with E-state index in [1.807, 2.05) is 0 Å². The number of nitrogens with one attached hydrogen (secondary N) is 2. The van der Waals surface area contributed by atoms with Crippen molar-refractivity contribution in [1.82, 2.24) is 9.44 Å². The van der Waals surface area contributed by atoms with Gasteiger partial charge in [-0.3, -0.25) is 39.4 Å². The molecule has 10 aliphatic carbocycles. The van der Waals surface area contributed by atoms with Gasteiger partial charge in [0.1, 0.15) is 5.78 Å². The Morgan fingerprint density at radius 3 is 1.26 bits per heavy atom. The van der Waals surface area contributed by atoms with E-state index in [2.05, 4.69) is 9.44 Å². The number of Topliss-reactive ketones (excluding diaryl/α,β-unsaturated/α-hetero) is 3. The zero-order valence-corrected chi connectivity index (χ0v) is 40.1. The van der Waals surface area contributed by atoms with Crippen molar-refractivity contribution in [2.75, 3.05) is 0 Å². The SMILES string of the molecule is CC(=O)C12CC3CC(C1)C(CC(=O)C1(NS(=O)(=O)c4ccccc4[N+](=O)[O-])CCC1)C(C3)C2.O=C(O)C12CC3CC(C1)C(CC(=O)C1(NS(=O)(=O)c4ccccc4[N+](=O)[O-])CCC1)C(C3)C2.[Li+].[OH-]. The Bertz CT molecular complexity index is 2410. The molecule has 0 spiro atoms.